The summed E-state index contributed by atoms with van der Waals surface area (Å²) in [6, 6.07) is 12.7. The van der Waals surface area contributed by atoms with Crippen LogP contribution in [0.25, 0.3) is 0 Å². The van der Waals surface area contributed by atoms with E-state index in [9.17, 15) is 4.79 Å². The molecule has 0 atom stereocenters. The first-order valence-corrected chi connectivity index (χ1v) is 5.87. The van der Waals surface area contributed by atoms with Crippen molar-refractivity contribution in [2.45, 2.75) is 0 Å². The summed E-state index contributed by atoms with van der Waals surface area (Å²) < 4.78 is 5.51. The molecule has 0 fully saturated rings. The van der Waals surface area contributed by atoms with E-state index in [2.05, 4.69) is 10.3 Å². The number of para-hydroxylation sites is 1. The van der Waals surface area contributed by atoms with E-state index in [1.807, 2.05) is 30.3 Å². The average molecular weight is 258 g/mol. The number of nitrogens with one attached hydrogen (secondary N) is 1. The van der Waals surface area contributed by atoms with Crippen LogP contribution in [0.1, 0.15) is 10.4 Å². The number of benzene rings is 1. The number of hydrogen-bond donors (Lipinski definition) is 2. The zero-order valence-electron chi connectivity index (χ0n) is 10.2. The molecule has 19 heavy (non-hydrogen) atoms. The van der Waals surface area contributed by atoms with Gasteiger partial charge in [-0.3, -0.25) is 0 Å². The number of anilines is 1. The molecular formula is C14H14N2O3. The number of nitrogens with zero attached hydrogens (tertiary/aromatic N) is 1. The minimum Gasteiger partial charge on any atom is -0.492 e. The number of aromatic nitrogens is 1. The third-order valence-corrected chi connectivity index (χ3v) is 2.43. The fourth-order valence-electron chi connectivity index (χ4n) is 1.49. The number of ether oxygens (including phenoxy) is 1. The van der Waals surface area contributed by atoms with E-state index in [0.29, 0.717) is 19.0 Å². The Morgan fingerprint density at radius 1 is 1.21 bits per heavy atom. The SMILES string of the molecule is O=C(O)c1ccc(NCCOc2ccccc2)nc1. The van der Waals surface area contributed by atoms with Crippen LogP contribution in [-0.2, 0) is 0 Å². The fraction of sp³-hybridized carbons (Fsp3) is 0.143. The van der Waals surface area contributed by atoms with Crippen molar-refractivity contribution < 1.29 is 14.6 Å². The lowest BCUT2D eigenvalue weighted by molar-refractivity contribution is 0.0696. The highest BCUT2D eigenvalue weighted by atomic mass is 16.5. The molecule has 5 heteroatoms. The number of carboxylic acids is 1. The van der Waals surface area contributed by atoms with Crippen molar-refractivity contribution >= 4 is 11.8 Å². The number of carbonyl (C=O) groups is 1. The van der Waals surface area contributed by atoms with Crippen LogP contribution in [0.2, 0.25) is 0 Å². The summed E-state index contributed by atoms with van der Waals surface area (Å²) >= 11 is 0. The monoisotopic (exact) mass is 258 g/mol. The van der Waals surface area contributed by atoms with Gasteiger partial charge in [-0.2, -0.15) is 0 Å². The van der Waals surface area contributed by atoms with Gasteiger partial charge in [-0.05, 0) is 24.3 Å². The number of rotatable bonds is 6. The van der Waals surface area contributed by atoms with E-state index in [4.69, 9.17) is 9.84 Å². The molecule has 0 aliphatic rings. The first kappa shape index (κ1) is 12.9. The highest BCUT2D eigenvalue weighted by molar-refractivity contribution is 5.87. The second-order valence-electron chi connectivity index (χ2n) is 3.83. The summed E-state index contributed by atoms with van der Waals surface area (Å²) in [5.74, 6) is 0.464. The molecule has 2 N–H and O–H groups in total. The molecule has 0 radical (unpaired) electrons. The molecule has 1 aromatic carbocycles. The molecule has 0 unspecified atom stereocenters. The molecule has 0 bridgehead atoms. The van der Waals surface area contributed by atoms with Crippen molar-refractivity contribution in [2.75, 3.05) is 18.5 Å². The number of carboxylic acid groups (broad SMARTS) is 1. The van der Waals surface area contributed by atoms with Crippen molar-refractivity contribution in [2.24, 2.45) is 0 Å². The van der Waals surface area contributed by atoms with Crippen LogP contribution < -0.4 is 10.1 Å². The van der Waals surface area contributed by atoms with Gasteiger partial charge in [0.1, 0.15) is 18.2 Å². The van der Waals surface area contributed by atoms with Crippen molar-refractivity contribution in [1.29, 1.82) is 0 Å². The lowest BCUT2D eigenvalue weighted by Gasteiger charge is -2.07. The topological polar surface area (TPSA) is 71.5 Å². The summed E-state index contributed by atoms with van der Waals surface area (Å²) in [6.45, 7) is 1.10. The third kappa shape index (κ3) is 3.99. The van der Waals surface area contributed by atoms with Crippen LogP contribution in [-0.4, -0.2) is 29.2 Å². The minimum absolute atomic E-state index is 0.172. The zero-order chi connectivity index (χ0) is 13.5. The number of aromatic carboxylic acids is 1. The molecule has 0 saturated heterocycles. The van der Waals surface area contributed by atoms with Crippen molar-refractivity contribution in [3.63, 3.8) is 0 Å². The van der Waals surface area contributed by atoms with Crippen molar-refractivity contribution in [3.8, 4) is 5.75 Å². The Hall–Kier alpha value is -2.56. The fourth-order valence-corrected chi connectivity index (χ4v) is 1.49. The van der Waals surface area contributed by atoms with Gasteiger partial charge in [0, 0.05) is 6.20 Å². The highest BCUT2D eigenvalue weighted by Crippen LogP contribution is 2.08. The summed E-state index contributed by atoms with van der Waals surface area (Å²) in [4.78, 5) is 14.6. The molecule has 1 heterocycles. The number of hydrogen-bond acceptors (Lipinski definition) is 4. The van der Waals surface area contributed by atoms with E-state index < -0.39 is 5.97 Å². The lowest BCUT2D eigenvalue weighted by atomic mass is 10.3. The van der Waals surface area contributed by atoms with Crippen molar-refractivity contribution in [1.82, 2.24) is 4.98 Å². The van der Waals surface area contributed by atoms with Gasteiger partial charge in [-0.1, -0.05) is 18.2 Å². The lowest BCUT2D eigenvalue weighted by Crippen LogP contribution is -2.12. The standard InChI is InChI=1S/C14H14N2O3/c17-14(18)11-6-7-13(16-10-11)15-8-9-19-12-4-2-1-3-5-12/h1-7,10H,8-9H2,(H,15,16)(H,17,18). The molecule has 0 aliphatic heterocycles. The maximum Gasteiger partial charge on any atom is 0.337 e. The largest absolute Gasteiger partial charge is 0.492 e. The Morgan fingerprint density at radius 2 is 2.00 bits per heavy atom. The van der Waals surface area contributed by atoms with E-state index in [0.717, 1.165) is 5.75 Å². The van der Waals surface area contributed by atoms with Crippen LogP contribution in [0.15, 0.2) is 48.7 Å². The van der Waals surface area contributed by atoms with E-state index in [1.165, 1.54) is 12.3 Å². The Morgan fingerprint density at radius 3 is 2.63 bits per heavy atom. The van der Waals surface area contributed by atoms with Gasteiger partial charge in [0.2, 0.25) is 0 Å². The van der Waals surface area contributed by atoms with Crippen LogP contribution >= 0.6 is 0 Å². The second-order valence-corrected chi connectivity index (χ2v) is 3.83. The Kier molecular flexibility index (Phi) is 4.34. The molecule has 0 amide bonds. The Balaban J connectivity index is 1.75. The maximum atomic E-state index is 10.6. The van der Waals surface area contributed by atoms with Gasteiger partial charge in [0.05, 0.1) is 12.1 Å². The molecule has 5 nitrogen and oxygen atoms in total. The number of pyridine rings is 1. The zero-order valence-corrected chi connectivity index (χ0v) is 10.2. The molecular weight excluding hydrogens is 244 g/mol. The molecule has 1 aromatic heterocycles. The predicted octanol–water partition coefficient (Wildman–Crippen LogP) is 2.27. The smallest absolute Gasteiger partial charge is 0.337 e. The molecule has 2 aromatic rings. The predicted molar refractivity (Wildman–Crippen MR) is 71.6 cm³/mol. The van der Waals surface area contributed by atoms with Crippen LogP contribution in [0, 0.1) is 0 Å². The summed E-state index contributed by atoms with van der Waals surface area (Å²) in [6.07, 6.45) is 1.32. The molecule has 0 aliphatic carbocycles. The first-order chi connectivity index (χ1) is 9.25. The minimum atomic E-state index is -0.980. The van der Waals surface area contributed by atoms with Crippen molar-refractivity contribution in [3.05, 3.63) is 54.2 Å². The summed E-state index contributed by atoms with van der Waals surface area (Å²) in [5.41, 5.74) is 0.172. The first-order valence-electron chi connectivity index (χ1n) is 5.87. The molecule has 98 valence electrons. The van der Waals surface area contributed by atoms with Gasteiger partial charge in [0.15, 0.2) is 0 Å². The second kappa shape index (κ2) is 6.39. The van der Waals surface area contributed by atoms with Crippen LogP contribution in [0.5, 0.6) is 5.75 Å². The third-order valence-electron chi connectivity index (χ3n) is 2.43. The van der Waals surface area contributed by atoms with Gasteiger partial charge in [-0.25, -0.2) is 9.78 Å². The molecule has 0 spiro atoms. The Bertz CT molecular complexity index is 526. The normalized spacial score (nSPS) is 9.89. The van der Waals surface area contributed by atoms with Gasteiger partial charge in [0.25, 0.3) is 0 Å². The molecule has 0 saturated carbocycles. The summed E-state index contributed by atoms with van der Waals surface area (Å²) in [7, 11) is 0. The van der Waals surface area contributed by atoms with E-state index in [1.54, 1.807) is 6.07 Å². The summed E-state index contributed by atoms with van der Waals surface area (Å²) in [5, 5.41) is 11.8. The highest BCUT2D eigenvalue weighted by Gasteiger charge is 2.02. The van der Waals surface area contributed by atoms with E-state index in [-0.39, 0.29) is 5.56 Å². The van der Waals surface area contributed by atoms with Gasteiger partial charge in [-0.15, -0.1) is 0 Å². The van der Waals surface area contributed by atoms with Gasteiger partial charge < -0.3 is 15.2 Å². The van der Waals surface area contributed by atoms with Crippen LogP contribution in [0.4, 0.5) is 5.82 Å². The Labute approximate surface area is 110 Å². The maximum absolute atomic E-state index is 10.6. The van der Waals surface area contributed by atoms with Crippen LogP contribution in [0.3, 0.4) is 0 Å². The average Bonchev–Trinajstić information content (AvgIpc) is 2.45. The van der Waals surface area contributed by atoms with Gasteiger partial charge >= 0.3 is 5.97 Å². The van der Waals surface area contributed by atoms with E-state index >= 15 is 0 Å². The molecule has 2 rings (SSSR count). The quantitative estimate of drug-likeness (QED) is 0.778.